The van der Waals surface area contributed by atoms with E-state index in [-0.39, 0.29) is 17.6 Å². The third-order valence-electron chi connectivity index (χ3n) is 11.7. The summed E-state index contributed by atoms with van der Waals surface area (Å²) in [7, 11) is 0. The van der Waals surface area contributed by atoms with Gasteiger partial charge in [0.15, 0.2) is 0 Å². The Kier molecular flexibility index (Phi) is 14.0. The molecule has 3 heteroatoms. The molecule has 1 unspecified atom stereocenters. The number of hydrogen-bond acceptors (Lipinski definition) is 1. The molecule has 0 aromatic heterocycles. The van der Waals surface area contributed by atoms with Gasteiger partial charge in [-0.3, -0.25) is 0 Å². The fourth-order valence-corrected chi connectivity index (χ4v) is 9.15. The molecule has 0 amide bonds. The summed E-state index contributed by atoms with van der Waals surface area (Å²) in [6, 6.07) is 37.8. The summed E-state index contributed by atoms with van der Waals surface area (Å²) in [5, 5.41) is 2.42. The molecule has 0 spiro atoms. The fraction of sp³-hybridized carbons (Fsp3) is 0.333. The van der Waals surface area contributed by atoms with Gasteiger partial charge in [-0.1, -0.05) is 137 Å². The first-order chi connectivity index (χ1) is 27.9. The summed E-state index contributed by atoms with van der Waals surface area (Å²) in [5.74, 6) is 7.56. The summed E-state index contributed by atoms with van der Waals surface area (Å²) < 4.78 is 30.7. The van der Waals surface area contributed by atoms with Crippen LogP contribution in [0.5, 0.6) is 0 Å². The minimum absolute atomic E-state index is 0.150. The zero-order chi connectivity index (χ0) is 39.6. The van der Waals surface area contributed by atoms with E-state index in [1.54, 1.807) is 23.9 Å². The van der Waals surface area contributed by atoms with E-state index in [4.69, 9.17) is 0 Å². The Morgan fingerprint density at radius 3 is 2.12 bits per heavy atom. The highest BCUT2D eigenvalue weighted by atomic mass is 32.2. The number of aryl methyl sites for hydroxylation is 5. The highest BCUT2D eigenvalue weighted by molar-refractivity contribution is 7.99. The Morgan fingerprint density at radius 2 is 1.32 bits per heavy atom. The minimum atomic E-state index is -0.247. The summed E-state index contributed by atoms with van der Waals surface area (Å²) >= 11 is 1.75. The quantitative estimate of drug-likeness (QED) is 0.0569. The van der Waals surface area contributed by atoms with Crippen molar-refractivity contribution < 1.29 is 8.78 Å². The standard InChI is InChI=1S/C54H56F2S/c1-4-6-8-10-30-57-50-27-29-52(54(56)37-50)43-20-14-39(15-21-43)12-13-41-17-22-45-34-42(18-23-44(45)33-41)19-28-51-38(3)31-49(36-53(51)55)48-26-25-46-32-40(11-9-7-5-2)16-24-47(46)35-48/h14-17,20-22,24-27,29,31-33,35-37,42H,4-13,18,23,30,34H2,1-3H3. The van der Waals surface area contributed by atoms with Crippen molar-refractivity contribution in [3.63, 3.8) is 0 Å². The molecule has 0 aliphatic heterocycles. The van der Waals surface area contributed by atoms with Gasteiger partial charge in [0, 0.05) is 16.4 Å². The third kappa shape index (κ3) is 10.7. The summed E-state index contributed by atoms with van der Waals surface area (Å²) in [4.78, 5) is 1.01. The number of rotatable bonds is 15. The number of hydrogen-bond donors (Lipinski definition) is 0. The normalized spacial score (nSPS) is 13.7. The van der Waals surface area contributed by atoms with Gasteiger partial charge in [0.05, 0.1) is 5.56 Å². The van der Waals surface area contributed by atoms with Gasteiger partial charge in [-0.2, -0.15) is 0 Å². The molecule has 0 radical (unpaired) electrons. The van der Waals surface area contributed by atoms with Crippen LogP contribution < -0.4 is 0 Å². The monoisotopic (exact) mass is 774 g/mol. The lowest BCUT2D eigenvalue weighted by molar-refractivity contribution is 0.569. The van der Waals surface area contributed by atoms with Crippen LogP contribution in [0.25, 0.3) is 33.0 Å². The Hall–Kier alpha value is -4.65. The second kappa shape index (κ2) is 19.7. The number of unbranched alkanes of at least 4 members (excludes halogenated alkanes) is 5. The number of halogens is 2. The van der Waals surface area contributed by atoms with Crippen molar-refractivity contribution in [3.05, 3.63) is 160 Å². The topological polar surface area (TPSA) is 0 Å². The van der Waals surface area contributed by atoms with Gasteiger partial charge in [0.2, 0.25) is 0 Å². The van der Waals surface area contributed by atoms with Crippen molar-refractivity contribution in [2.24, 2.45) is 5.92 Å². The summed E-state index contributed by atoms with van der Waals surface area (Å²) in [6.45, 7) is 6.43. The van der Waals surface area contributed by atoms with Crippen molar-refractivity contribution in [2.45, 2.75) is 109 Å². The molecule has 0 nitrogen and oxygen atoms in total. The zero-order valence-corrected chi connectivity index (χ0v) is 34.8. The highest BCUT2D eigenvalue weighted by Gasteiger charge is 2.18. The van der Waals surface area contributed by atoms with E-state index in [1.165, 1.54) is 83.5 Å². The van der Waals surface area contributed by atoms with Crippen LogP contribution in [-0.4, -0.2) is 5.75 Å². The lowest BCUT2D eigenvalue weighted by Gasteiger charge is -2.21. The molecular formula is C54H56F2S. The predicted molar refractivity (Wildman–Crippen MR) is 240 cm³/mol. The first-order valence-electron chi connectivity index (χ1n) is 21.3. The smallest absolute Gasteiger partial charge is 0.139 e. The minimum Gasteiger partial charge on any atom is -0.206 e. The van der Waals surface area contributed by atoms with Crippen LogP contribution in [0.15, 0.2) is 114 Å². The number of benzene rings is 6. The first-order valence-corrected chi connectivity index (χ1v) is 22.3. The van der Waals surface area contributed by atoms with E-state index >= 15 is 8.78 Å². The molecule has 0 bridgehead atoms. The van der Waals surface area contributed by atoms with Gasteiger partial charge < -0.3 is 0 Å². The second-order valence-corrected chi connectivity index (χ2v) is 17.2. The van der Waals surface area contributed by atoms with Crippen LogP contribution in [0.4, 0.5) is 8.78 Å². The molecule has 0 fully saturated rings. The first kappa shape index (κ1) is 40.5. The molecule has 6 aromatic carbocycles. The summed E-state index contributed by atoms with van der Waals surface area (Å²) in [6.07, 6.45) is 14.5. The Bertz CT molecular complexity index is 2340. The van der Waals surface area contributed by atoms with Gasteiger partial charge in [-0.25, -0.2) is 8.78 Å². The Labute approximate surface area is 344 Å². The van der Waals surface area contributed by atoms with Crippen molar-refractivity contribution in [1.29, 1.82) is 0 Å². The van der Waals surface area contributed by atoms with E-state index in [0.717, 1.165) is 71.4 Å². The third-order valence-corrected chi connectivity index (χ3v) is 12.7. The molecule has 0 saturated heterocycles. The maximum Gasteiger partial charge on any atom is 0.139 e. The molecule has 292 valence electrons. The van der Waals surface area contributed by atoms with Crippen molar-refractivity contribution in [2.75, 3.05) is 5.75 Å². The van der Waals surface area contributed by atoms with E-state index in [0.29, 0.717) is 11.1 Å². The number of thioether (sulfide) groups is 1. The molecule has 57 heavy (non-hydrogen) atoms. The van der Waals surface area contributed by atoms with Crippen LogP contribution in [0.3, 0.4) is 0 Å². The van der Waals surface area contributed by atoms with Crippen LogP contribution in [0.2, 0.25) is 0 Å². The molecule has 0 N–H and O–H groups in total. The molecule has 1 atom stereocenters. The van der Waals surface area contributed by atoms with Gasteiger partial charge in [-0.05, 0) is 155 Å². The Morgan fingerprint density at radius 1 is 0.596 bits per heavy atom. The lowest BCUT2D eigenvalue weighted by Crippen LogP contribution is -2.13. The highest BCUT2D eigenvalue weighted by Crippen LogP contribution is 2.32. The predicted octanol–water partition coefficient (Wildman–Crippen LogP) is 15.1. The van der Waals surface area contributed by atoms with Gasteiger partial charge in [0.1, 0.15) is 11.6 Å². The lowest BCUT2D eigenvalue weighted by atomic mass is 9.83. The summed E-state index contributed by atoms with van der Waals surface area (Å²) in [5.41, 5.74) is 11.6. The van der Waals surface area contributed by atoms with Crippen molar-refractivity contribution in [1.82, 2.24) is 0 Å². The van der Waals surface area contributed by atoms with E-state index in [9.17, 15) is 0 Å². The van der Waals surface area contributed by atoms with E-state index in [2.05, 4.69) is 117 Å². The molecule has 1 aliphatic rings. The maximum atomic E-state index is 15.6. The van der Waals surface area contributed by atoms with Crippen molar-refractivity contribution >= 4 is 22.5 Å². The van der Waals surface area contributed by atoms with Gasteiger partial charge in [-0.15, -0.1) is 11.8 Å². The fourth-order valence-electron chi connectivity index (χ4n) is 8.22. The van der Waals surface area contributed by atoms with E-state index in [1.807, 2.05) is 13.0 Å². The van der Waals surface area contributed by atoms with E-state index < -0.39 is 0 Å². The zero-order valence-electron chi connectivity index (χ0n) is 34.0. The molecular weight excluding hydrogens is 719 g/mol. The molecule has 0 saturated carbocycles. The second-order valence-electron chi connectivity index (χ2n) is 16.1. The average molecular weight is 775 g/mol. The average Bonchev–Trinajstić information content (AvgIpc) is 3.22. The maximum absolute atomic E-state index is 15.6. The molecule has 7 rings (SSSR count). The molecule has 1 aliphatic carbocycles. The molecule has 6 aromatic rings. The number of fused-ring (bicyclic) bond motifs is 2. The van der Waals surface area contributed by atoms with Crippen molar-refractivity contribution in [3.8, 4) is 34.1 Å². The van der Waals surface area contributed by atoms with Crippen LogP contribution in [0.1, 0.15) is 104 Å². The Balaban J connectivity index is 0.928. The van der Waals surface area contributed by atoms with Gasteiger partial charge in [0.25, 0.3) is 0 Å². The molecule has 0 heterocycles. The van der Waals surface area contributed by atoms with Crippen LogP contribution in [-0.2, 0) is 32.1 Å². The van der Waals surface area contributed by atoms with Crippen LogP contribution >= 0.6 is 11.8 Å². The van der Waals surface area contributed by atoms with Gasteiger partial charge >= 0.3 is 0 Å². The largest absolute Gasteiger partial charge is 0.206 e. The van der Waals surface area contributed by atoms with Crippen LogP contribution in [0, 0.1) is 36.3 Å². The SMILES string of the molecule is CCCCCCSc1ccc(-c2ccc(CCc3ccc4c(c3)CCC(C#Cc3c(C)cc(-c5ccc6cc(CCCCC)ccc6c5)cc3F)C4)cc2)c(F)c1.